The van der Waals surface area contributed by atoms with Gasteiger partial charge in [0.2, 0.25) is 0 Å². The molecule has 0 amide bonds. The molecule has 2 N–H and O–H groups in total. The van der Waals surface area contributed by atoms with Crippen molar-refractivity contribution >= 4 is 5.97 Å². The van der Waals surface area contributed by atoms with Gasteiger partial charge in [-0.2, -0.15) is 0 Å². The van der Waals surface area contributed by atoms with Gasteiger partial charge >= 0.3 is 5.97 Å². The van der Waals surface area contributed by atoms with E-state index in [2.05, 4.69) is 6.58 Å². The smallest absolute Gasteiger partial charge is 0.346 e. The molecule has 1 aromatic rings. The third-order valence-corrected chi connectivity index (χ3v) is 2.06. The van der Waals surface area contributed by atoms with Crippen molar-refractivity contribution in [3.63, 3.8) is 0 Å². The number of carbonyl (C=O) groups is 1. The van der Waals surface area contributed by atoms with Crippen LogP contribution in [-0.2, 0) is 24.3 Å². The van der Waals surface area contributed by atoms with E-state index in [9.17, 15) is 4.79 Å². The number of aliphatic hydroxyl groups excluding tert-OH is 1. The summed E-state index contributed by atoms with van der Waals surface area (Å²) in [7, 11) is 0. The number of nitrogens with zero attached hydrogens (tertiary/aromatic N) is 2. The molecule has 15 heavy (non-hydrogen) atoms. The van der Waals surface area contributed by atoms with Crippen molar-refractivity contribution in [2.45, 2.75) is 19.5 Å². The molecule has 1 heterocycles. The van der Waals surface area contributed by atoms with Crippen LogP contribution in [0.15, 0.2) is 25.0 Å². The molecule has 5 nitrogen and oxygen atoms in total. The van der Waals surface area contributed by atoms with Crippen LogP contribution in [0.25, 0.3) is 0 Å². The summed E-state index contributed by atoms with van der Waals surface area (Å²) < 4.78 is 3.46. The van der Waals surface area contributed by atoms with Crippen LogP contribution < -0.4 is 4.57 Å². The molecule has 0 bridgehead atoms. The van der Waals surface area contributed by atoms with Gasteiger partial charge in [-0.1, -0.05) is 6.08 Å². The molecule has 82 valence electrons. The zero-order valence-corrected chi connectivity index (χ0v) is 8.46. The molecule has 0 aliphatic heterocycles. The third-order valence-electron chi connectivity index (χ3n) is 2.06. The van der Waals surface area contributed by atoms with E-state index in [0.717, 1.165) is 5.82 Å². The first kappa shape index (κ1) is 11.5. The first-order valence-electron chi connectivity index (χ1n) is 4.70. The van der Waals surface area contributed by atoms with Gasteiger partial charge in [-0.25, -0.2) is 13.9 Å². The van der Waals surface area contributed by atoms with Gasteiger partial charge < -0.3 is 10.2 Å². The molecule has 0 aliphatic carbocycles. The summed E-state index contributed by atoms with van der Waals surface area (Å²) in [6, 6.07) is 0. The van der Waals surface area contributed by atoms with Crippen LogP contribution in [0, 0.1) is 0 Å². The molecule has 0 saturated heterocycles. The van der Waals surface area contributed by atoms with Crippen LogP contribution in [0.3, 0.4) is 0 Å². The van der Waals surface area contributed by atoms with Gasteiger partial charge in [-0.05, 0) is 0 Å². The van der Waals surface area contributed by atoms with Gasteiger partial charge in [0.05, 0.1) is 13.0 Å². The average Bonchev–Trinajstić information content (AvgIpc) is 2.51. The van der Waals surface area contributed by atoms with E-state index in [1.54, 1.807) is 23.0 Å². The number of allylic oxidation sites excluding steroid dienone is 1. The maximum atomic E-state index is 10.6. The van der Waals surface area contributed by atoms with Crippen molar-refractivity contribution in [2.75, 3.05) is 6.61 Å². The Bertz CT molecular complexity index is 358. The minimum atomic E-state index is -0.882. The summed E-state index contributed by atoms with van der Waals surface area (Å²) in [6.07, 6.45) is 5.75. The summed E-state index contributed by atoms with van der Waals surface area (Å²) >= 11 is 0. The number of aromatic nitrogens is 2. The molecule has 0 spiro atoms. The van der Waals surface area contributed by atoms with Crippen LogP contribution in [0.4, 0.5) is 0 Å². The van der Waals surface area contributed by atoms with Crippen molar-refractivity contribution in [1.29, 1.82) is 0 Å². The van der Waals surface area contributed by atoms with Crippen LogP contribution in [0.2, 0.25) is 0 Å². The monoisotopic (exact) mass is 211 g/mol. The third kappa shape index (κ3) is 2.92. The Labute approximate surface area is 87.9 Å². The highest BCUT2D eigenvalue weighted by atomic mass is 16.4. The van der Waals surface area contributed by atoms with Crippen LogP contribution in [-0.4, -0.2) is 27.4 Å². The van der Waals surface area contributed by atoms with Crippen LogP contribution >= 0.6 is 0 Å². The minimum absolute atomic E-state index is 0.0336. The van der Waals surface area contributed by atoms with Crippen molar-refractivity contribution in [2.24, 2.45) is 0 Å². The zero-order valence-electron chi connectivity index (χ0n) is 8.46. The maximum Gasteiger partial charge on any atom is 0.346 e. The summed E-state index contributed by atoms with van der Waals surface area (Å²) in [5.74, 6) is -0.0477. The van der Waals surface area contributed by atoms with Crippen LogP contribution in [0.1, 0.15) is 5.82 Å². The Morgan fingerprint density at radius 2 is 2.40 bits per heavy atom. The molecule has 0 aliphatic rings. The Morgan fingerprint density at radius 3 is 2.93 bits per heavy atom. The molecule has 0 atom stereocenters. The first-order valence-corrected chi connectivity index (χ1v) is 4.70. The Balaban J connectivity index is 2.94. The summed E-state index contributed by atoms with van der Waals surface area (Å²) in [5, 5.41) is 17.5. The van der Waals surface area contributed by atoms with E-state index in [4.69, 9.17) is 10.2 Å². The van der Waals surface area contributed by atoms with Gasteiger partial charge in [0.1, 0.15) is 18.9 Å². The van der Waals surface area contributed by atoms with Crippen molar-refractivity contribution in [3.8, 4) is 0 Å². The molecular formula is C10H15N2O3+. The quantitative estimate of drug-likeness (QED) is 0.496. The van der Waals surface area contributed by atoms with Gasteiger partial charge in [0.25, 0.3) is 5.82 Å². The molecule has 0 aromatic carbocycles. The number of aliphatic hydroxyl groups is 1. The average molecular weight is 211 g/mol. The van der Waals surface area contributed by atoms with Crippen molar-refractivity contribution < 1.29 is 19.6 Å². The van der Waals surface area contributed by atoms with E-state index < -0.39 is 5.97 Å². The predicted octanol–water partition coefficient (Wildman–Crippen LogP) is -0.419. The van der Waals surface area contributed by atoms with Crippen molar-refractivity contribution in [1.82, 2.24) is 4.57 Å². The second-order valence-electron chi connectivity index (χ2n) is 3.15. The number of hydrogen-bond acceptors (Lipinski definition) is 2. The lowest BCUT2D eigenvalue weighted by molar-refractivity contribution is -0.704. The van der Waals surface area contributed by atoms with E-state index >= 15 is 0 Å². The van der Waals surface area contributed by atoms with Gasteiger partial charge in [-0.15, -0.1) is 6.58 Å². The first-order chi connectivity index (χ1) is 7.19. The standard InChI is InChI=1S/C10H14N2O3/c1-2-3-9-11(6-7-13)4-5-12(9)8-10(14)15/h2,4-5,13H,1,3,6-8H2/p+1. The molecule has 1 aromatic heterocycles. The lowest BCUT2D eigenvalue weighted by Crippen LogP contribution is -2.39. The SMILES string of the molecule is C=CCc1n(CC(=O)O)cc[n+]1CCO. The van der Waals surface area contributed by atoms with E-state index in [1.807, 2.05) is 4.57 Å². The molecule has 1 rings (SSSR count). The van der Waals surface area contributed by atoms with Gasteiger partial charge in [-0.3, -0.25) is 0 Å². The fraction of sp³-hybridized carbons (Fsp3) is 0.400. The van der Waals surface area contributed by atoms with E-state index in [1.165, 1.54) is 0 Å². The largest absolute Gasteiger partial charge is 0.478 e. The predicted molar refractivity (Wildman–Crippen MR) is 53.2 cm³/mol. The molecular weight excluding hydrogens is 196 g/mol. The lowest BCUT2D eigenvalue weighted by Gasteiger charge is -1.99. The maximum absolute atomic E-state index is 10.6. The normalized spacial score (nSPS) is 10.2. The number of rotatable bonds is 6. The highest BCUT2D eigenvalue weighted by Gasteiger charge is 2.17. The summed E-state index contributed by atoms with van der Waals surface area (Å²) in [4.78, 5) is 10.6. The molecule has 0 unspecified atom stereocenters. The fourth-order valence-corrected chi connectivity index (χ4v) is 1.46. The minimum Gasteiger partial charge on any atom is -0.478 e. The number of carboxylic acid groups (broad SMARTS) is 1. The second-order valence-corrected chi connectivity index (χ2v) is 3.15. The Kier molecular flexibility index (Phi) is 4.05. The number of aliphatic carboxylic acids is 1. The summed E-state index contributed by atoms with van der Waals surface area (Å²) in [6.45, 7) is 4.05. The van der Waals surface area contributed by atoms with Crippen molar-refractivity contribution in [3.05, 3.63) is 30.9 Å². The molecule has 0 fully saturated rings. The number of hydrogen-bond donors (Lipinski definition) is 2. The second kappa shape index (κ2) is 5.31. The Morgan fingerprint density at radius 1 is 1.67 bits per heavy atom. The summed E-state index contributed by atoms with van der Waals surface area (Å²) in [5.41, 5.74) is 0. The Hall–Kier alpha value is -1.62. The topological polar surface area (TPSA) is 66.3 Å². The molecule has 5 heteroatoms. The van der Waals surface area contributed by atoms with E-state index in [-0.39, 0.29) is 13.2 Å². The number of imidazole rings is 1. The van der Waals surface area contributed by atoms with E-state index in [0.29, 0.717) is 13.0 Å². The zero-order chi connectivity index (χ0) is 11.3. The lowest BCUT2D eigenvalue weighted by atomic mass is 10.4. The highest BCUT2D eigenvalue weighted by Crippen LogP contribution is 1.98. The van der Waals surface area contributed by atoms with Gasteiger partial charge in [0.15, 0.2) is 6.54 Å². The van der Waals surface area contributed by atoms with Crippen LogP contribution in [0.5, 0.6) is 0 Å². The highest BCUT2D eigenvalue weighted by molar-refractivity contribution is 5.66. The van der Waals surface area contributed by atoms with Gasteiger partial charge in [0, 0.05) is 0 Å². The number of carboxylic acids is 1. The molecule has 0 saturated carbocycles. The fourth-order valence-electron chi connectivity index (χ4n) is 1.46. The molecule has 0 radical (unpaired) electrons.